The topological polar surface area (TPSA) is 73.2 Å². The SMILES string of the molecule is CCOC(=O)c1ccc(NC(=O)CCn2nc(Cl)c3ccccc32)cc1. The number of nitrogens with zero attached hydrogens (tertiary/aromatic N) is 2. The van der Waals surface area contributed by atoms with Crippen LogP contribution < -0.4 is 5.32 Å². The predicted molar refractivity (Wildman–Crippen MR) is 100 cm³/mol. The van der Waals surface area contributed by atoms with Crippen molar-refractivity contribution in [1.82, 2.24) is 9.78 Å². The summed E-state index contributed by atoms with van der Waals surface area (Å²) in [7, 11) is 0. The Morgan fingerprint density at radius 3 is 2.62 bits per heavy atom. The Morgan fingerprint density at radius 2 is 1.88 bits per heavy atom. The first kappa shape index (κ1) is 17.9. The number of aryl methyl sites for hydroxylation is 1. The van der Waals surface area contributed by atoms with Crippen LogP contribution in [-0.2, 0) is 16.1 Å². The minimum absolute atomic E-state index is 0.149. The minimum atomic E-state index is -0.382. The number of halogens is 1. The monoisotopic (exact) mass is 371 g/mol. The molecule has 0 radical (unpaired) electrons. The fraction of sp³-hybridized carbons (Fsp3) is 0.211. The lowest BCUT2D eigenvalue weighted by Gasteiger charge is -2.07. The van der Waals surface area contributed by atoms with E-state index in [-0.39, 0.29) is 18.3 Å². The van der Waals surface area contributed by atoms with E-state index in [1.165, 1.54) is 0 Å². The minimum Gasteiger partial charge on any atom is -0.462 e. The Balaban J connectivity index is 1.59. The highest BCUT2D eigenvalue weighted by molar-refractivity contribution is 6.34. The molecule has 0 saturated heterocycles. The van der Waals surface area contributed by atoms with Crippen molar-refractivity contribution in [3.05, 3.63) is 59.2 Å². The van der Waals surface area contributed by atoms with E-state index in [0.717, 1.165) is 10.9 Å². The van der Waals surface area contributed by atoms with Crippen LogP contribution in [0.5, 0.6) is 0 Å². The third kappa shape index (κ3) is 4.03. The molecule has 0 fully saturated rings. The zero-order chi connectivity index (χ0) is 18.5. The maximum Gasteiger partial charge on any atom is 0.338 e. The van der Waals surface area contributed by atoms with Crippen molar-refractivity contribution in [2.75, 3.05) is 11.9 Å². The number of anilines is 1. The van der Waals surface area contributed by atoms with Gasteiger partial charge in [-0.3, -0.25) is 9.48 Å². The van der Waals surface area contributed by atoms with E-state index in [9.17, 15) is 9.59 Å². The van der Waals surface area contributed by atoms with Gasteiger partial charge in [-0.1, -0.05) is 23.7 Å². The fourth-order valence-corrected chi connectivity index (χ4v) is 2.84. The molecule has 134 valence electrons. The highest BCUT2D eigenvalue weighted by Crippen LogP contribution is 2.22. The number of hydrogen-bond donors (Lipinski definition) is 1. The van der Waals surface area contributed by atoms with Crippen molar-refractivity contribution >= 4 is 40.1 Å². The Morgan fingerprint density at radius 1 is 1.15 bits per heavy atom. The lowest BCUT2D eigenvalue weighted by Crippen LogP contribution is -2.15. The maximum absolute atomic E-state index is 12.2. The van der Waals surface area contributed by atoms with Gasteiger partial charge in [-0.15, -0.1) is 0 Å². The maximum atomic E-state index is 12.2. The average molecular weight is 372 g/mol. The number of aromatic nitrogens is 2. The average Bonchev–Trinajstić information content (AvgIpc) is 2.97. The van der Waals surface area contributed by atoms with Gasteiger partial charge in [0.1, 0.15) is 0 Å². The number of ether oxygens (including phenoxy) is 1. The second kappa shape index (κ2) is 8.01. The third-order valence-electron chi connectivity index (χ3n) is 3.84. The van der Waals surface area contributed by atoms with Crippen LogP contribution >= 0.6 is 11.6 Å². The zero-order valence-electron chi connectivity index (χ0n) is 14.2. The van der Waals surface area contributed by atoms with Crippen LogP contribution in [0.1, 0.15) is 23.7 Å². The van der Waals surface area contributed by atoms with Crippen molar-refractivity contribution in [2.45, 2.75) is 19.9 Å². The van der Waals surface area contributed by atoms with Crippen molar-refractivity contribution in [2.24, 2.45) is 0 Å². The molecule has 0 aliphatic heterocycles. The van der Waals surface area contributed by atoms with Crippen molar-refractivity contribution in [3.8, 4) is 0 Å². The quantitative estimate of drug-likeness (QED) is 0.667. The van der Waals surface area contributed by atoms with Crippen molar-refractivity contribution in [3.63, 3.8) is 0 Å². The van der Waals surface area contributed by atoms with E-state index in [1.807, 2.05) is 24.3 Å². The van der Waals surface area contributed by atoms with Gasteiger partial charge >= 0.3 is 5.97 Å². The molecule has 3 aromatic rings. The van der Waals surface area contributed by atoms with Gasteiger partial charge in [-0.05, 0) is 43.3 Å². The molecule has 0 atom stereocenters. The summed E-state index contributed by atoms with van der Waals surface area (Å²) in [6.07, 6.45) is 0.252. The van der Waals surface area contributed by atoms with E-state index in [1.54, 1.807) is 35.9 Å². The van der Waals surface area contributed by atoms with Gasteiger partial charge in [0.05, 0.1) is 24.2 Å². The number of esters is 1. The van der Waals surface area contributed by atoms with E-state index < -0.39 is 0 Å². The van der Waals surface area contributed by atoms with Gasteiger partial charge < -0.3 is 10.1 Å². The summed E-state index contributed by atoms with van der Waals surface area (Å²) in [5, 5.41) is 8.36. The number of rotatable bonds is 6. The van der Waals surface area contributed by atoms with Crippen LogP contribution in [0.3, 0.4) is 0 Å². The number of amides is 1. The number of fused-ring (bicyclic) bond motifs is 1. The summed E-state index contributed by atoms with van der Waals surface area (Å²) in [5.41, 5.74) is 1.96. The van der Waals surface area contributed by atoms with Crippen molar-refractivity contribution in [1.29, 1.82) is 0 Å². The Bertz CT molecular complexity index is 935. The number of carbonyl (C=O) groups is 2. The normalized spacial score (nSPS) is 10.7. The number of para-hydroxylation sites is 1. The molecule has 0 spiro atoms. The fourth-order valence-electron chi connectivity index (χ4n) is 2.59. The van der Waals surface area contributed by atoms with E-state index in [2.05, 4.69) is 10.4 Å². The number of nitrogens with one attached hydrogen (secondary N) is 1. The third-order valence-corrected chi connectivity index (χ3v) is 4.12. The lowest BCUT2D eigenvalue weighted by molar-refractivity contribution is -0.116. The molecule has 7 heteroatoms. The molecule has 0 saturated carbocycles. The number of hydrogen-bond acceptors (Lipinski definition) is 4. The van der Waals surface area contributed by atoms with Crippen molar-refractivity contribution < 1.29 is 14.3 Å². The van der Waals surface area contributed by atoms with Crippen LogP contribution in [0.25, 0.3) is 10.9 Å². The second-order valence-corrected chi connectivity index (χ2v) is 5.99. The molecule has 0 bridgehead atoms. The Labute approximate surface area is 155 Å². The van der Waals surface area contributed by atoms with Crippen LogP contribution in [0.2, 0.25) is 5.15 Å². The molecule has 2 aromatic carbocycles. The van der Waals surface area contributed by atoms with Gasteiger partial charge in [0.25, 0.3) is 0 Å². The van der Waals surface area contributed by atoms with Gasteiger partial charge in [0.2, 0.25) is 5.91 Å². The molecule has 0 aliphatic carbocycles. The molecule has 6 nitrogen and oxygen atoms in total. The highest BCUT2D eigenvalue weighted by Gasteiger charge is 2.10. The lowest BCUT2D eigenvalue weighted by atomic mass is 10.2. The standard InChI is InChI=1S/C19H18ClN3O3/c1-2-26-19(25)13-7-9-14(10-8-13)21-17(24)11-12-23-16-6-4-3-5-15(16)18(20)22-23/h3-10H,2,11-12H2,1H3,(H,21,24). The highest BCUT2D eigenvalue weighted by atomic mass is 35.5. The summed E-state index contributed by atoms with van der Waals surface area (Å²) in [6, 6.07) is 14.2. The molecule has 1 aromatic heterocycles. The first-order chi connectivity index (χ1) is 12.6. The zero-order valence-corrected chi connectivity index (χ0v) is 15.0. The molecule has 1 heterocycles. The van der Waals surface area contributed by atoms with Crippen LogP contribution in [0, 0.1) is 0 Å². The summed E-state index contributed by atoms with van der Waals surface area (Å²) >= 11 is 6.12. The molecule has 1 amide bonds. The van der Waals surface area contributed by atoms with Gasteiger partial charge in [-0.2, -0.15) is 5.10 Å². The Hall–Kier alpha value is -2.86. The van der Waals surface area contributed by atoms with Crippen LogP contribution in [0.4, 0.5) is 5.69 Å². The number of benzene rings is 2. The predicted octanol–water partition coefficient (Wildman–Crippen LogP) is 3.90. The molecule has 3 rings (SSSR count). The van der Waals surface area contributed by atoms with Gasteiger partial charge in [0.15, 0.2) is 5.15 Å². The second-order valence-electron chi connectivity index (χ2n) is 5.63. The first-order valence-corrected chi connectivity index (χ1v) is 8.64. The molecule has 0 aliphatic rings. The molecule has 26 heavy (non-hydrogen) atoms. The van der Waals surface area contributed by atoms with E-state index in [0.29, 0.717) is 29.6 Å². The number of carbonyl (C=O) groups excluding carboxylic acids is 2. The first-order valence-electron chi connectivity index (χ1n) is 8.26. The summed E-state index contributed by atoms with van der Waals surface area (Å²) in [4.78, 5) is 23.8. The van der Waals surface area contributed by atoms with Crippen LogP contribution in [0.15, 0.2) is 48.5 Å². The molecular weight excluding hydrogens is 354 g/mol. The van der Waals surface area contributed by atoms with E-state index in [4.69, 9.17) is 16.3 Å². The van der Waals surface area contributed by atoms with Crippen LogP contribution in [-0.4, -0.2) is 28.3 Å². The molecular formula is C19H18ClN3O3. The summed E-state index contributed by atoms with van der Waals surface area (Å²) in [6.45, 7) is 2.49. The largest absolute Gasteiger partial charge is 0.462 e. The molecule has 1 N–H and O–H groups in total. The van der Waals surface area contributed by atoms with E-state index >= 15 is 0 Å². The summed E-state index contributed by atoms with van der Waals surface area (Å²) in [5.74, 6) is -0.530. The van der Waals surface area contributed by atoms with Gasteiger partial charge in [0, 0.05) is 17.5 Å². The summed E-state index contributed by atoms with van der Waals surface area (Å²) < 4.78 is 6.65. The smallest absolute Gasteiger partial charge is 0.338 e. The Kier molecular flexibility index (Phi) is 5.53. The van der Waals surface area contributed by atoms with Gasteiger partial charge in [-0.25, -0.2) is 4.79 Å². The molecule has 0 unspecified atom stereocenters.